The molecule has 1 N–H and O–H groups in total. The van der Waals surface area contributed by atoms with Crippen LogP contribution in [0, 0.1) is 0 Å². The summed E-state index contributed by atoms with van der Waals surface area (Å²) < 4.78 is 38.2. The summed E-state index contributed by atoms with van der Waals surface area (Å²) in [7, 11) is -0.871. The molecule has 4 aromatic rings. The number of hydrogen-bond donors (Lipinski definition) is 1. The fourth-order valence-electron chi connectivity index (χ4n) is 5.70. The number of carbonyl (C=O) groups is 2. The number of amides is 2. The second kappa shape index (κ2) is 15.1. The molecule has 0 radical (unpaired) electrons. The molecule has 1 aromatic heterocycles. The minimum Gasteiger partial charge on any atom is -0.495 e. The zero-order valence-corrected chi connectivity index (χ0v) is 27.0. The Hall–Kier alpha value is -4.70. The summed E-state index contributed by atoms with van der Waals surface area (Å²) in [5, 5.41) is 2.89. The Morgan fingerprint density at radius 2 is 1.61 bits per heavy atom. The summed E-state index contributed by atoms with van der Waals surface area (Å²) in [6, 6.07) is 23.3. The molecule has 2 amide bonds. The lowest BCUT2D eigenvalue weighted by atomic mass is 10.0. The van der Waals surface area contributed by atoms with Crippen LogP contribution in [0.1, 0.15) is 57.5 Å². The smallest absolute Gasteiger partial charge is 0.256 e. The first-order valence-corrected chi connectivity index (χ1v) is 17.1. The van der Waals surface area contributed by atoms with Crippen LogP contribution in [0.5, 0.6) is 11.6 Å². The van der Waals surface area contributed by atoms with Crippen LogP contribution in [0.4, 0.5) is 0 Å². The van der Waals surface area contributed by atoms with Gasteiger partial charge in [-0.25, -0.2) is 13.4 Å². The fraction of sp³-hybridized carbons (Fsp3) is 0.306. The third kappa shape index (κ3) is 7.92. The van der Waals surface area contributed by atoms with Gasteiger partial charge in [-0.3, -0.25) is 9.59 Å². The van der Waals surface area contributed by atoms with Crippen LogP contribution in [0.25, 0.3) is 11.1 Å². The Morgan fingerprint density at radius 1 is 0.848 bits per heavy atom. The lowest BCUT2D eigenvalue weighted by Crippen LogP contribution is -2.35. The van der Waals surface area contributed by atoms with E-state index in [4.69, 9.17) is 9.47 Å². The van der Waals surface area contributed by atoms with E-state index in [0.29, 0.717) is 41.6 Å². The lowest BCUT2D eigenvalue weighted by Gasteiger charge is -2.26. The summed E-state index contributed by atoms with van der Waals surface area (Å²) in [6.45, 7) is 1.95. The molecule has 3 aromatic carbocycles. The van der Waals surface area contributed by atoms with E-state index in [1.807, 2.05) is 47.4 Å². The van der Waals surface area contributed by atoms with Gasteiger partial charge in [-0.2, -0.15) is 0 Å². The standard InChI is InChI=1S/C36H39N3O6S/c1-44-32-17-16-29(28-13-7-14-30(23-28)36(41)39-20-4-3-5-21-39)24-33(32)46(42,43)25-27-11-6-10-26(22-27)12-8-18-37-34(40)31-15-9-19-38-35(31)45-2/h6-7,9-11,13-17,19,22-24H,3-5,8,12,18,20-21,25H2,1-2H3,(H,37,40). The number of hydrogen-bond acceptors (Lipinski definition) is 7. The van der Waals surface area contributed by atoms with Crippen LogP contribution in [0.3, 0.4) is 0 Å². The maximum Gasteiger partial charge on any atom is 0.256 e. The third-order valence-electron chi connectivity index (χ3n) is 8.07. The molecule has 5 rings (SSSR count). The first-order valence-electron chi connectivity index (χ1n) is 15.4. The van der Waals surface area contributed by atoms with Crippen molar-refractivity contribution < 1.29 is 27.5 Å². The third-order valence-corrected chi connectivity index (χ3v) is 9.77. The molecule has 0 spiro atoms. The maximum atomic E-state index is 13.8. The summed E-state index contributed by atoms with van der Waals surface area (Å²) in [4.78, 5) is 31.7. The van der Waals surface area contributed by atoms with Gasteiger partial charge in [0.15, 0.2) is 9.84 Å². The fourth-order valence-corrected chi connectivity index (χ4v) is 7.24. The van der Waals surface area contributed by atoms with Gasteiger partial charge in [-0.05, 0) is 90.8 Å². The van der Waals surface area contributed by atoms with Gasteiger partial charge in [0, 0.05) is 31.4 Å². The van der Waals surface area contributed by atoms with Crippen molar-refractivity contribution in [1.29, 1.82) is 0 Å². The molecule has 9 nitrogen and oxygen atoms in total. The molecule has 1 aliphatic heterocycles. The highest BCUT2D eigenvalue weighted by molar-refractivity contribution is 7.90. The van der Waals surface area contributed by atoms with E-state index in [0.717, 1.165) is 43.5 Å². The number of methoxy groups -OCH3 is 2. The van der Waals surface area contributed by atoms with E-state index in [-0.39, 0.29) is 34.1 Å². The SMILES string of the molecule is COc1ccc(-c2cccc(C(=O)N3CCCCC3)c2)cc1S(=O)(=O)Cc1cccc(CCCNC(=O)c2cccnc2OC)c1. The molecule has 0 unspecified atom stereocenters. The second-order valence-electron chi connectivity index (χ2n) is 11.3. The molecule has 2 heterocycles. The topological polar surface area (TPSA) is 115 Å². The number of aryl methyl sites for hydroxylation is 1. The van der Waals surface area contributed by atoms with Crippen molar-refractivity contribution in [3.05, 3.63) is 107 Å². The van der Waals surface area contributed by atoms with Gasteiger partial charge in [0.05, 0.1) is 20.0 Å². The normalized spacial score (nSPS) is 13.2. The summed E-state index contributed by atoms with van der Waals surface area (Å²) in [6.07, 6.45) is 6.04. The average molecular weight is 642 g/mol. The first kappa shape index (κ1) is 32.7. The molecule has 240 valence electrons. The van der Waals surface area contributed by atoms with E-state index >= 15 is 0 Å². The number of aromatic nitrogens is 1. The predicted molar refractivity (Wildman–Crippen MR) is 177 cm³/mol. The van der Waals surface area contributed by atoms with Crippen molar-refractivity contribution in [2.75, 3.05) is 33.9 Å². The van der Waals surface area contributed by atoms with Crippen LogP contribution in [-0.2, 0) is 22.0 Å². The van der Waals surface area contributed by atoms with Gasteiger partial charge >= 0.3 is 0 Å². The van der Waals surface area contributed by atoms with Crippen molar-refractivity contribution in [3.63, 3.8) is 0 Å². The Balaban J connectivity index is 1.26. The highest BCUT2D eigenvalue weighted by Gasteiger charge is 2.23. The van der Waals surface area contributed by atoms with Gasteiger partial charge < -0.3 is 19.7 Å². The minimum absolute atomic E-state index is 0.00102. The van der Waals surface area contributed by atoms with Gasteiger partial charge in [-0.1, -0.05) is 42.5 Å². The second-order valence-corrected chi connectivity index (χ2v) is 13.3. The van der Waals surface area contributed by atoms with E-state index in [1.54, 1.807) is 42.6 Å². The number of pyridine rings is 1. The van der Waals surface area contributed by atoms with Gasteiger partial charge in [-0.15, -0.1) is 0 Å². The molecule has 1 fully saturated rings. The van der Waals surface area contributed by atoms with Crippen LogP contribution >= 0.6 is 0 Å². The summed E-state index contributed by atoms with van der Waals surface area (Å²) >= 11 is 0. The molecule has 0 atom stereocenters. The molecule has 46 heavy (non-hydrogen) atoms. The van der Waals surface area contributed by atoms with E-state index in [2.05, 4.69) is 10.3 Å². The van der Waals surface area contributed by atoms with Crippen molar-refractivity contribution in [1.82, 2.24) is 15.2 Å². The zero-order valence-electron chi connectivity index (χ0n) is 26.2. The van der Waals surface area contributed by atoms with E-state index in [1.165, 1.54) is 14.2 Å². The molecule has 0 aliphatic carbocycles. The largest absolute Gasteiger partial charge is 0.495 e. The molecule has 0 bridgehead atoms. The average Bonchev–Trinajstić information content (AvgIpc) is 3.09. The number of benzene rings is 3. The number of ether oxygens (including phenoxy) is 2. The predicted octanol–water partition coefficient (Wildman–Crippen LogP) is 5.73. The van der Waals surface area contributed by atoms with Gasteiger partial charge in [0.1, 0.15) is 16.2 Å². The summed E-state index contributed by atoms with van der Waals surface area (Å²) in [5.74, 6) is 0.0697. The molecular formula is C36H39N3O6S. The zero-order chi connectivity index (χ0) is 32.5. The Kier molecular flexibility index (Phi) is 10.7. The Bertz CT molecular complexity index is 1800. The number of rotatable bonds is 12. The van der Waals surface area contributed by atoms with Crippen molar-refractivity contribution in [3.8, 4) is 22.8 Å². The quantitative estimate of drug-likeness (QED) is 0.197. The highest BCUT2D eigenvalue weighted by atomic mass is 32.2. The Morgan fingerprint density at radius 3 is 2.39 bits per heavy atom. The maximum absolute atomic E-state index is 13.8. The first-order chi connectivity index (χ1) is 22.3. The van der Waals surface area contributed by atoms with Crippen molar-refractivity contribution in [2.24, 2.45) is 0 Å². The number of piperidine rings is 1. The van der Waals surface area contributed by atoms with Crippen LogP contribution in [-0.4, -0.2) is 64.0 Å². The molecular weight excluding hydrogens is 602 g/mol. The van der Waals surface area contributed by atoms with Crippen LogP contribution in [0.2, 0.25) is 0 Å². The number of nitrogens with one attached hydrogen (secondary N) is 1. The van der Waals surface area contributed by atoms with E-state index in [9.17, 15) is 18.0 Å². The molecule has 1 saturated heterocycles. The van der Waals surface area contributed by atoms with Crippen LogP contribution in [0.15, 0.2) is 90.0 Å². The summed E-state index contributed by atoms with van der Waals surface area (Å²) in [5.41, 5.74) is 4.04. The molecule has 1 aliphatic rings. The van der Waals surface area contributed by atoms with E-state index < -0.39 is 9.84 Å². The van der Waals surface area contributed by atoms with Gasteiger partial charge in [0.2, 0.25) is 5.88 Å². The number of carbonyl (C=O) groups excluding carboxylic acids is 2. The van der Waals surface area contributed by atoms with Gasteiger partial charge in [0.25, 0.3) is 11.8 Å². The van der Waals surface area contributed by atoms with Crippen LogP contribution < -0.4 is 14.8 Å². The molecule has 0 saturated carbocycles. The lowest BCUT2D eigenvalue weighted by molar-refractivity contribution is 0.0724. The highest BCUT2D eigenvalue weighted by Crippen LogP contribution is 2.33. The van der Waals surface area contributed by atoms with Crippen molar-refractivity contribution >= 4 is 21.7 Å². The number of nitrogens with zero attached hydrogens (tertiary/aromatic N) is 2. The monoisotopic (exact) mass is 641 g/mol. The minimum atomic E-state index is -3.80. The number of likely N-dealkylation sites (tertiary alicyclic amines) is 1. The number of sulfone groups is 1. The van der Waals surface area contributed by atoms with Crippen molar-refractivity contribution in [2.45, 2.75) is 42.8 Å². The Labute approximate surface area is 270 Å². The molecule has 10 heteroatoms.